The Kier molecular flexibility index (Phi) is 8.65. The molecule has 0 spiro atoms. The lowest BCUT2D eigenvalue weighted by atomic mass is 10.1. The van der Waals surface area contributed by atoms with Crippen molar-refractivity contribution in [2.24, 2.45) is 5.92 Å². The molecule has 9 nitrogen and oxygen atoms in total. The topological polar surface area (TPSA) is 114 Å². The molecule has 38 heavy (non-hydrogen) atoms. The average molecular weight is 538 g/mol. The van der Waals surface area contributed by atoms with Crippen LogP contribution in [0.2, 0.25) is 0 Å². The summed E-state index contributed by atoms with van der Waals surface area (Å²) < 4.78 is 38.9. The molecule has 0 fully saturated rings. The quantitative estimate of drug-likeness (QED) is 0.411. The minimum absolute atomic E-state index is 0.0263. The summed E-state index contributed by atoms with van der Waals surface area (Å²) in [5.41, 5.74) is 1.50. The zero-order valence-electron chi connectivity index (χ0n) is 21.3. The smallest absolute Gasteiger partial charge is 0.265 e. The fourth-order valence-electron chi connectivity index (χ4n) is 3.80. The van der Waals surface area contributed by atoms with E-state index in [1.165, 1.54) is 29.2 Å². The summed E-state index contributed by atoms with van der Waals surface area (Å²) in [5, 5.41) is 2.86. The molecule has 0 saturated heterocycles. The molecule has 1 heterocycles. The number of carbonyl (C=O) groups is 2. The molecule has 0 aromatic heterocycles. The number of hydrogen-bond acceptors (Lipinski definition) is 6. The first-order chi connectivity index (χ1) is 18.2. The first-order valence-corrected chi connectivity index (χ1v) is 13.8. The highest BCUT2D eigenvalue weighted by Gasteiger charge is 2.33. The largest absolute Gasteiger partial charge is 0.484 e. The first kappa shape index (κ1) is 27.2. The summed E-state index contributed by atoms with van der Waals surface area (Å²) in [6.45, 7) is 4.24. The SMILES string of the molecule is CC(C)CNS(=O)(=O)c1ccc(OCC(=O)N2C[C@H](C(=O)NCc3ccccc3)Oc3ccccc32)cc1. The molecular formula is C28H31N3O6S. The highest BCUT2D eigenvalue weighted by Crippen LogP contribution is 2.33. The van der Waals surface area contributed by atoms with Crippen molar-refractivity contribution in [1.82, 2.24) is 10.0 Å². The number of benzene rings is 3. The van der Waals surface area contributed by atoms with Crippen molar-refractivity contribution >= 4 is 27.5 Å². The normalized spacial score (nSPS) is 14.9. The second-order valence-electron chi connectivity index (χ2n) is 9.29. The Morgan fingerprint density at radius 3 is 2.39 bits per heavy atom. The van der Waals surface area contributed by atoms with Gasteiger partial charge in [0.05, 0.1) is 17.1 Å². The predicted octanol–water partition coefficient (Wildman–Crippen LogP) is 3.11. The Hall–Kier alpha value is -3.89. The molecule has 2 amide bonds. The molecule has 1 atom stereocenters. The number of rotatable bonds is 10. The van der Waals surface area contributed by atoms with Crippen LogP contribution in [0.4, 0.5) is 5.69 Å². The van der Waals surface area contributed by atoms with Crippen molar-refractivity contribution in [3.63, 3.8) is 0 Å². The van der Waals surface area contributed by atoms with Crippen LogP contribution in [0.3, 0.4) is 0 Å². The van der Waals surface area contributed by atoms with E-state index in [-0.39, 0.29) is 35.8 Å². The van der Waals surface area contributed by atoms with E-state index in [1.54, 1.807) is 24.3 Å². The molecule has 2 N–H and O–H groups in total. The highest BCUT2D eigenvalue weighted by atomic mass is 32.2. The maximum atomic E-state index is 13.2. The van der Waals surface area contributed by atoms with E-state index in [4.69, 9.17) is 9.47 Å². The zero-order chi connectivity index (χ0) is 27.1. The highest BCUT2D eigenvalue weighted by molar-refractivity contribution is 7.89. The molecule has 0 unspecified atom stereocenters. The van der Waals surface area contributed by atoms with Gasteiger partial charge in [-0.15, -0.1) is 0 Å². The minimum Gasteiger partial charge on any atom is -0.484 e. The van der Waals surface area contributed by atoms with Crippen LogP contribution in [0.1, 0.15) is 19.4 Å². The third-order valence-corrected chi connectivity index (χ3v) is 7.29. The number of hydrogen-bond donors (Lipinski definition) is 2. The van der Waals surface area contributed by atoms with Crippen LogP contribution in [-0.4, -0.2) is 46.0 Å². The number of para-hydroxylation sites is 2. The molecule has 200 valence electrons. The first-order valence-electron chi connectivity index (χ1n) is 12.3. The van der Waals surface area contributed by atoms with Gasteiger partial charge in [-0.1, -0.05) is 56.3 Å². The van der Waals surface area contributed by atoms with Crippen molar-refractivity contribution in [3.05, 3.63) is 84.4 Å². The Bertz CT molecular complexity index is 1360. The molecule has 3 aromatic rings. The van der Waals surface area contributed by atoms with Crippen molar-refractivity contribution in [2.75, 3.05) is 24.6 Å². The Labute approximate surface area is 222 Å². The number of sulfonamides is 1. The van der Waals surface area contributed by atoms with Crippen LogP contribution in [0.5, 0.6) is 11.5 Å². The minimum atomic E-state index is -3.62. The maximum absolute atomic E-state index is 13.2. The third kappa shape index (κ3) is 6.90. The molecule has 4 rings (SSSR count). The molecule has 0 radical (unpaired) electrons. The number of nitrogens with one attached hydrogen (secondary N) is 2. The Balaban J connectivity index is 1.39. The molecule has 1 aliphatic rings. The van der Waals surface area contributed by atoms with Gasteiger partial charge in [0.2, 0.25) is 10.0 Å². The van der Waals surface area contributed by atoms with Crippen molar-refractivity contribution in [2.45, 2.75) is 31.4 Å². The van der Waals surface area contributed by atoms with E-state index in [1.807, 2.05) is 44.2 Å². The standard InChI is InChI=1S/C28H31N3O6S/c1-20(2)16-30-38(34,35)23-14-12-22(13-15-23)36-19-27(32)31-18-26(37-25-11-7-6-10-24(25)31)28(33)29-17-21-8-4-3-5-9-21/h3-15,20,26,30H,16-19H2,1-2H3,(H,29,33)/t26-/m1/s1. The predicted molar refractivity (Wildman–Crippen MR) is 143 cm³/mol. The molecule has 10 heteroatoms. The Morgan fingerprint density at radius 1 is 1.00 bits per heavy atom. The average Bonchev–Trinajstić information content (AvgIpc) is 2.93. The van der Waals surface area contributed by atoms with Gasteiger partial charge in [-0.2, -0.15) is 0 Å². The van der Waals surface area contributed by atoms with E-state index in [0.717, 1.165) is 5.56 Å². The molecule has 0 bridgehead atoms. The molecule has 1 aliphatic heterocycles. The summed E-state index contributed by atoms with van der Waals surface area (Å²) in [4.78, 5) is 27.6. The lowest BCUT2D eigenvalue weighted by Gasteiger charge is -2.34. The molecule has 3 aromatic carbocycles. The number of carbonyl (C=O) groups excluding carboxylic acids is 2. The van der Waals surface area contributed by atoms with Crippen LogP contribution in [0.15, 0.2) is 83.8 Å². The summed E-state index contributed by atoms with van der Waals surface area (Å²) >= 11 is 0. The second-order valence-corrected chi connectivity index (χ2v) is 11.1. The van der Waals surface area contributed by atoms with E-state index in [0.29, 0.717) is 30.3 Å². The molecule has 0 saturated carbocycles. The van der Waals surface area contributed by atoms with E-state index < -0.39 is 16.1 Å². The van der Waals surface area contributed by atoms with Gasteiger partial charge in [-0.25, -0.2) is 13.1 Å². The van der Waals surface area contributed by atoms with Gasteiger partial charge in [0.25, 0.3) is 11.8 Å². The summed E-state index contributed by atoms with van der Waals surface area (Å²) in [6.07, 6.45) is -0.889. The second kappa shape index (κ2) is 12.1. The van der Waals surface area contributed by atoms with Gasteiger partial charge >= 0.3 is 0 Å². The number of anilines is 1. The summed E-state index contributed by atoms with van der Waals surface area (Å²) in [5.74, 6) is 0.260. The maximum Gasteiger partial charge on any atom is 0.265 e. The lowest BCUT2D eigenvalue weighted by Crippen LogP contribution is -2.51. The van der Waals surface area contributed by atoms with E-state index in [2.05, 4.69) is 10.0 Å². The zero-order valence-corrected chi connectivity index (χ0v) is 22.1. The summed E-state index contributed by atoms with van der Waals surface area (Å²) in [7, 11) is -3.62. The molecular weight excluding hydrogens is 506 g/mol. The van der Waals surface area contributed by atoms with Gasteiger partial charge in [0.15, 0.2) is 12.7 Å². The number of amides is 2. The number of nitrogens with zero attached hydrogens (tertiary/aromatic N) is 1. The van der Waals surface area contributed by atoms with Crippen molar-refractivity contribution in [1.29, 1.82) is 0 Å². The van der Waals surface area contributed by atoms with Crippen molar-refractivity contribution < 1.29 is 27.5 Å². The van der Waals surface area contributed by atoms with Crippen LogP contribution < -0.4 is 24.4 Å². The fourth-order valence-corrected chi connectivity index (χ4v) is 5.02. The van der Waals surface area contributed by atoms with E-state index >= 15 is 0 Å². The fraction of sp³-hybridized carbons (Fsp3) is 0.286. The lowest BCUT2D eigenvalue weighted by molar-refractivity contribution is -0.128. The van der Waals surface area contributed by atoms with Gasteiger partial charge in [-0.05, 0) is 47.9 Å². The Morgan fingerprint density at radius 2 is 1.68 bits per heavy atom. The van der Waals surface area contributed by atoms with Gasteiger partial charge < -0.3 is 19.7 Å². The van der Waals surface area contributed by atoms with Crippen LogP contribution >= 0.6 is 0 Å². The molecule has 0 aliphatic carbocycles. The number of ether oxygens (including phenoxy) is 2. The third-order valence-electron chi connectivity index (χ3n) is 5.85. The van der Waals surface area contributed by atoms with Gasteiger partial charge in [0, 0.05) is 13.1 Å². The summed E-state index contributed by atoms with van der Waals surface area (Å²) in [6, 6.07) is 22.4. The van der Waals surface area contributed by atoms with Crippen LogP contribution in [0.25, 0.3) is 0 Å². The van der Waals surface area contributed by atoms with E-state index in [9.17, 15) is 18.0 Å². The van der Waals surface area contributed by atoms with Gasteiger partial charge in [-0.3, -0.25) is 9.59 Å². The van der Waals surface area contributed by atoms with Crippen LogP contribution in [-0.2, 0) is 26.2 Å². The van der Waals surface area contributed by atoms with Crippen LogP contribution in [0, 0.1) is 5.92 Å². The number of fused-ring (bicyclic) bond motifs is 1. The van der Waals surface area contributed by atoms with Crippen molar-refractivity contribution in [3.8, 4) is 11.5 Å². The monoisotopic (exact) mass is 537 g/mol. The van der Waals surface area contributed by atoms with Gasteiger partial charge in [0.1, 0.15) is 11.5 Å².